The van der Waals surface area contributed by atoms with E-state index in [9.17, 15) is 18.0 Å². The fraction of sp³-hybridized carbons (Fsp3) is 0.462. The van der Waals surface area contributed by atoms with Crippen LogP contribution >= 0.6 is 11.8 Å². The van der Waals surface area contributed by atoms with Gasteiger partial charge in [-0.25, -0.2) is 0 Å². The van der Waals surface area contributed by atoms with Crippen molar-refractivity contribution in [2.24, 2.45) is 5.92 Å². The molecular weight excluding hydrogens is 291 g/mol. The number of benzene rings is 1. The number of carbonyl (C=O) groups excluding carboxylic acids is 1. The first kappa shape index (κ1) is 16.8. The molecule has 1 unspecified atom stereocenters. The van der Waals surface area contributed by atoms with Crippen LogP contribution in [0.1, 0.15) is 12.5 Å². The number of aliphatic hydroxyl groups is 1. The molecule has 20 heavy (non-hydrogen) atoms. The third-order valence-electron chi connectivity index (χ3n) is 2.42. The van der Waals surface area contributed by atoms with Crippen molar-refractivity contribution in [3.63, 3.8) is 0 Å². The predicted molar refractivity (Wildman–Crippen MR) is 73.6 cm³/mol. The topological polar surface area (TPSA) is 49.3 Å². The first-order valence-electron chi connectivity index (χ1n) is 5.98. The van der Waals surface area contributed by atoms with Gasteiger partial charge in [0.25, 0.3) is 0 Å². The lowest BCUT2D eigenvalue weighted by Crippen LogP contribution is -2.16. The third-order valence-corrected chi connectivity index (χ3v) is 3.69. The van der Waals surface area contributed by atoms with Crippen molar-refractivity contribution in [3.05, 3.63) is 29.8 Å². The van der Waals surface area contributed by atoms with Crippen LogP contribution in [0.4, 0.5) is 18.9 Å². The van der Waals surface area contributed by atoms with Crippen molar-refractivity contribution in [1.29, 1.82) is 0 Å². The molecule has 0 aromatic heterocycles. The Hall–Kier alpha value is -1.21. The molecule has 2 N–H and O–H groups in total. The summed E-state index contributed by atoms with van der Waals surface area (Å²) in [7, 11) is 0. The average molecular weight is 307 g/mol. The van der Waals surface area contributed by atoms with Crippen molar-refractivity contribution in [1.82, 2.24) is 0 Å². The molecule has 0 aliphatic rings. The number of hydrogen-bond acceptors (Lipinski definition) is 3. The van der Waals surface area contributed by atoms with E-state index in [1.165, 1.54) is 23.9 Å². The summed E-state index contributed by atoms with van der Waals surface area (Å²) in [6.07, 6.45) is -4.42. The summed E-state index contributed by atoms with van der Waals surface area (Å²) in [6, 6.07) is 4.51. The van der Waals surface area contributed by atoms with Crippen molar-refractivity contribution < 1.29 is 23.1 Å². The molecule has 7 heteroatoms. The van der Waals surface area contributed by atoms with Gasteiger partial charge in [0, 0.05) is 12.3 Å². The molecule has 0 saturated heterocycles. The predicted octanol–water partition coefficient (Wildman–Crippen LogP) is 3.01. The molecule has 112 valence electrons. The second kappa shape index (κ2) is 7.54. The first-order valence-corrected chi connectivity index (χ1v) is 7.14. The van der Waals surface area contributed by atoms with Gasteiger partial charge in [0.15, 0.2) is 0 Å². The van der Waals surface area contributed by atoms with Crippen molar-refractivity contribution in [3.8, 4) is 0 Å². The van der Waals surface area contributed by atoms with Crippen LogP contribution in [0, 0.1) is 5.92 Å². The summed E-state index contributed by atoms with van der Waals surface area (Å²) in [4.78, 5) is 11.6. The second-order valence-electron chi connectivity index (χ2n) is 4.43. The van der Waals surface area contributed by atoms with E-state index in [1.807, 2.05) is 6.92 Å². The molecule has 1 aromatic rings. The normalized spacial score (nSPS) is 13.1. The zero-order chi connectivity index (χ0) is 15.2. The molecular formula is C13H16F3NO2S. The van der Waals surface area contributed by atoms with Crippen LogP contribution in [0.25, 0.3) is 0 Å². The van der Waals surface area contributed by atoms with E-state index in [0.29, 0.717) is 5.75 Å². The highest BCUT2D eigenvalue weighted by atomic mass is 32.2. The minimum atomic E-state index is -4.42. The molecule has 0 spiro atoms. The summed E-state index contributed by atoms with van der Waals surface area (Å²) in [5.41, 5.74) is -0.669. The number of thioether (sulfide) groups is 1. The summed E-state index contributed by atoms with van der Waals surface area (Å²) < 4.78 is 37.5. The number of alkyl halides is 3. The summed E-state index contributed by atoms with van der Waals surface area (Å²) >= 11 is 1.33. The Morgan fingerprint density at radius 2 is 2.15 bits per heavy atom. The van der Waals surface area contributed by atoms with Gasteiger partial charge < -0.3 is 10.4 Å². The Morgan fingerprint density at radius 3 is 2.75 bits per heavy atom. The third kappa shape index (κ3) is 5.83. The molecule has 0 saturated carbocycles. The van der Waals surface area contributed by atoms with Gasteiger partial charge in [-0.2, -0.15) is 24.9 Å². The van der Waals surface area contributed by atoms with Crippen LogP contribution in [0.5, 0.6) is 0 Å². The number of rotatable bonds is 6. The van der Waals surface area contributed by atoms with E-state index in [0.717, 1.165) is 12.1 Å². The second-order valence-corrected chi connectivity index (χ2v) is 5.46. The Bertz CT molecular complexity index is 451. The maximum absolute atomic E-state index is 12.5. The maximum atomic E-state index is 12.5. The van der Waals surface area contributed by atoms with Crippen molar-refractivity contribution in [2.75, 3.05) is 23.4 Å². The van der Waals surface area contributed by atoms with E-state index >= 15 is 0 Å². The molecule has 1 aromatic carbocycles. The van der Waals surface area contributed by atoms with Gasteiger partial charge in [-0.3, -0.25) is 4.79 Å². The number of amides is 1. The van der Waals surface area contributed by atoms with Gasteiger partial charge in [0.1, 0.15) is 0 Å². The molecule has 0 radical (unpaired) electrons. The molecule has 0 bridgehead atoms. The maximum Gasteiger partial charge on any atom is 0.416 e. The van der Waals surface area contributed by atoms with Gasteiger partial charge in [0.05, 0.1) is 11.3 Å². The van der Waals surface area contributed by atoms with E-state index < -0.39 is 11.7 Å². The minimum Gasteiger partial charge on any atom is -0.396 e. The van der Waals surface area contributed by atoms with E-state index in [-0.39, 0.29) is 29.9 Å². The standard InChI is InChI=1S/C13H16F3NO2S/c1-9(6-18)7-20-8-12(19)17-11-4-2-3-10(5-11)13(14,15)16/h2-5,9,18H,6-8H2,1H3,(H,17,19). The highest BCUT2D eigenvalue weighted by Gasteiger charge is 2.30. The summed E-state index contributed by atoms with van der Waals surface area (Å²) in [6.45, 7) is 1.89. The number of carbonyl (C=O) groups is 1. The lowest BCUT2D eigenvalue weighted by molar-refractivity contribution is -0.137. The first-order chi connectivity index (χ1) is 9.32. The Balaban J connectivity index is 2.50. The SMILES string of the molecule is CC(CO)CSCC(=O)Nc1cccc(C(F)(F)F)c1. The quantitative estimate of drug-likeness (QED) is 0.849. The highest BCUT2D eigenvalue weighted by Crippen LogP contribution is 2.30. The lowest BCUT2D eigenvalue weighted by atomic mass is 10.2. The molecule has 1 atom stereocenters. The fourth-order valence-electron chi connectivity index (χ4n) is 1.38. The molecule has 1 amide bonds. The lowest BCUT2D eigenvalue weighted by Gasteiger charge is -2.10. The van der Waals surface area contributed by atoms with Crippen LogP contribution in [0.3, 0.4) is 0 Å². The van der Waals surface area contributed by atoms with Gasteiger partial charge in [0.2, 0.25) is 5.91 Å². The summed E-state index contributed by atoms with van der Waals surface area (Å²) in [5, 5.41) is 11.2. The van der Waals surface area contributed by atoms with Gasteiger partial charge in [-0.1, -0.05) is 13.0 Å². The van der Waals surface area contributed by atoms with Crippen LogP contribution in [-0.4, -0.2) is 29.1 Å². The van der Waals surface area contributed by atoms with Gasteiger partial charge >= 0.3 is 6.18 Å². The van der Waals surface area contributed by atoms with Crippen LogP contribution in [-0.2, 0) is 11.0 Å². The van der Waals surface area contributed by atoms with Crippen LogP contribution in [0.15, 0.2) is 24.3 Å². The largest absolute Gasteiger partial charge is 0.416 e. The number of nitrogens with one attached hydrogen (secondary N) is 1. The van der Waals surface area contributed by atoms with E-state index in [1.54, 1.807) is 0 Å². The van der Waals surface area contributed by atoms with Crippen molar-refractivity contribution >= 4 is 23.4 Å². The van der Waals surface area contributed by atoms with Gasteiger partial charge in [-0.05, 0) is 29.9 Å². The smallest absolute Gasteiger partial charge is 0.396 e. The van der Waals surface area contributed by atoms with E-state index in [2.05, 4.69) is 5.32 Å². The molecule has 0 fully saturated rings. The molecule has 0 aliphatic carbocycles. The fourth-order valence-corrected chi connectivity index (χ4v) is 2.26. The number of hydrogen-bond donors (Lipinski definition) is 2. The van der Waals surface area contributed by atoms with Gasteiger partial charge in [-0.15, -0.1) is 0 Å². The summed E-state index contributed by atoms with van der Waals surface area (Å²) in [5.74, 6) is 0.480. The number of anilines is 1. The van der Waals surface area contributed by atoms with Crippen molar-refractivity contribution in [2.45, 2.75) is 13.1 Å². The molecule has 0 heterocycles. The van der Waals surface area contributed by atoms with E-state index in [4.69, 9.17) is 5.11 Å². The Labute approximate surface area is 119 Å². The number of halogens is 3. The molecule has 0 aliphatic heterocycles. The van der Waals surface area contributed by atoms with Crippen LogP contribution < -0.4 is 5.32 Å². The van der Waals surface area contributed by atoms with Crippen LogP contribution in [0.2, 0.25) is 0 Å². The zero-order valence-electron chi connectivity index (χ0n) is 10.9. The Kier molecular flexibility index (Phi) is 6.35. The highest BCUT2D eigenvalue weighted by molar-refractivity contribution is 7.99. The monoisotopic (exact) mass is 307 g/mol. The average Bonchev–Trinajstić information content (AvgIpc) is 2.37. The zero-order valence-corrected chi connectivity index (χ0v) is 11.7. The Morgan fingerprint density at radius 1 is 1.45 bits per heavy atom. The molecule has 3 nitrogen and oxygen atoms in total. The number of aliphatic hydroxyl groups excluding tert-OH is 1. The minimum absolute atomic E-state index is 0.0439. The molecule has 1 rings (SSSR count).